The van der Waals surface area contributed by atoms with Gasteiger partial charge in [-0.05, 0) is 37.8 Å². The number of para-hydroxylation sites is 2. The van der Waals surface area contributed by atoms with Crippen molar-refractivity contribution < 1.29 is 9.59 Å². The number of rotatable bonds is 5. The molecule has 5 rings (SSSR count). The third-order valence-electron chi connectivity index (χ3n) is 6.72. The summed E-state index contributed by atoms with van der Waals surface area (Å²) in [5, 5.41) is 0. The fraction of sp³-hybridized carbons (Fsp3) is 0.385. The van der Waals surface area contributed by atoms with Crippen LogP contribution in [0.1, 0.15) is 32.1 Å². The van der Waals surface area contributed by atoms with E-state index in [0.717, 1.165) is 44.3 Å². The summed E-state index contributed by atoms with van der Waals surface area (Å²) in [6.45, 7) is 2.43. The maximum absolute atomic E-state index is 13.4. The molecule has 0 radical (unpaired) electrons. The molecule has 2 saturated heterocycles. The highest BCUT2D eigenvalue weighted by molar-refractivity contribution is 5.88. The second kappa shape index (κ2) is 9.17. The Hall–Kier alpha value is -3.48. The number of likely N-dealkylation sites (tertiary alicyclic amines) is 2. The Morgan fingerprint density at radius 1 is 0.909 bits per heavy atom. The molecule has 2 aromatic carbocycles. The lowest BCUT2D eigenvalue weighted by Crippen LogP contribution is -2.47. The van der Waals surface area contributed by atoms with Crippen LogP contribution in [0.5, 0.6) is 0 Å². The Balaban J connectivity index is 1.40. The number of carbonyl (C=O) groups excluding carboxylic acids is 2. The fourth-order valence-electron chi connectivity index (χ4n) is 5.02. The monoisotopic (exact) mass is 444 g/mol. The zero-order valence-corrected chi connectivity index (χ0v) is 18.7. The number of nitrogens with zero attached hydrogens (tertiary/aromatic N) is 4. The van der Waals surface area contributed by atoms with Crippen LogP contribution in [-0.4, -0.2) is 56.8 Å². The van der Waals surface area contributed by atoms with E-state index in [1.165, 1.54) is 0 Å². The minimum absolute atomic E-state index is 0.0703. The molecule has 7 heteroatoms. The molecule has 2 aliphatic rings. The number of carbonyl (C=O) groups is 2. The summed E-state index contributed by atoms with van der Waals surface area (Å²) >= 11 is 0. The van der Waals surface area contributed by atoms with Crippen molar-refractivity contribution in [2.24, 2.45) is 0 Å². The van der Waals surface area contributed by atoms with Gasteiger partial charge in [-0.2, -0.15) is 0 Å². The number of amides is 2. The topological polar surface area (TPSA) is 75.5 Å². The molecule has 33 heavy (non-hydrogen) atoms. The first kappa shape index (κ1) is 21.4. The van der Waals surface area contributed by atoms with E-state index in [1.54, 1.807) is 9.47 Å². The van der Waals surface area contributed by atoms with Crippen LogP contribution in [0.15, 0.2) is 59.4 Å². The highest BCUT2D eigenvalue weighted by atomic mass is 16.2. The Labute approximate surface area is 192 Å². The smallest absolute Gasteiger partial charge is 0.277 e. The first-order chi connectivity index (χ1) is 16.1. The SMILES string of the molecule is O=C([C@@H]1CCCN1C(=O)CCn1c(=O)c(-c2ccccc2)nc2ccccc21)N1CCCC1. The summed E-state index contributed by atoms with van der Waals surface area (Å²) in [5.41, 5.74) is 2.35. The maximum atomic E-state index is 13.4. The number of benzene rings is 2. The standard InChI is InChI=1S/C26H28N4O3/c31-23(29-17-8-13-22(29)25(32)28-15-6-7-16-28)14-18-30-21-12-5-4-11-20(21)27-24(26(30)33)19-9-2-1-3-10-19/h1-5,9-12,22H,6-8,13-18H2/t22-/m0/s1. The van der Waals surface area contributed by atoms with Crippen LogP contribution < -0.4 is 5.56 Å². The Bertz CT molecular complexity index is 1230. The van der Waals surface area contributed by atoms with Gasteiger partial charge in [0.1, 0.15) is 11.7 Å². The molecule has 0 aliphatic carbocycles. The quantitative estimate of drug-likeness (QED) is 0.606. The summed E-state index contributed by atoms with van der Waals surface area (Å²) in [7, 11) is 0. The molecule has 3 heterocycles. The van der Waals surface area contributed by atoms with Gasteiger partial charge in [0.05, 0.1) is 11.0 Å². The van der Waals surface area contributed by atoms with Crippen LogP contribution in [0.3, 0.4) is 0 Å². The third-order valence-corrected chi connectivity index (χ3v) is 6.72. The first-order valence-electron chi connectivity index (χ1n) is 11.8. The van der Waals surface area contributed by atoms with Crippen molar-refractivity contribution in [3.63, 3.8) is 0 Å². The van der Waals surface area contributed by atoms with Gasteiger partial charge in [0.25, 0.3) is 5.56 Å². The zero-order chi connectivity index (χ0) is 22.8. The lowest BCUT2D eigenvalue weighted by Gasteiger charge is -2.28. The molecule has 170 valence electrons. The molecule has 0 N–H and O–H groups in total. The van der Waals surface area contributed by atoms with E-state index < -0.39 is 0 Å². The molecule has 1 atom stereocenters. The highest BCUT2D eigenvalue weighted by Crippen LogP contribution is 2.23. The molecule has 2 amide bonds. The average Bonchev–Trinajstić information content (AvgIpc) is 3.56. The number of aryl methyl sites for hydroxylation is 1. The predicted molar refractivity (Wildman–Crippen MR) is 127 cm³/mol. The van der Waals surface area contributed by atoms with Crippen LogP contribution >= 0.6 is 0 Å². The zero-order valence-electron chi connectivity index (χ0n) is 18.7. The number of hydrogen-bond acceptors (Lipinski definition) is 4. The molecule has 0 unspecified atom stereocenters. The predicted octanol–water partition coefficient (Wildman–Crippen LogP) is 3.07. The van der Waals surface area contributed by atoms with E-state index in [-0.39, 0.29) is 36.4 Å². The van der Waals surface area contributed by atoms with Crippen molar-refractivity contribution in [1.29, 1.82) is 0 Å². The molecule has 1 aromatic heterocycles. The van der Waals surface area contributed by atoms with E-state index >= 15 is 0 Å². The minimum atomic E-state index is -0.360. The van der Waals surface area contributed by atoms with Crippen molar-refractivity contribution in [3.05, 3.63) is 65.0 Å². The summed E-state index contributed by atoms with van der Waals surface area (Å²) in [5.74, 6) is 0.00958. The van der Waals surface area contributed by atoms with Gasteiger partial charge in [-0.3, -0.25) is 14.4 Å². The van der Waals surface area contributed by atoms with Gasteiger partial charge in [0.2, 0.25) is 11.8 Å². The number of fused-ring (bicyclic) bond motifs is 1. The minimum Gasteiger partial charge on any atom is -0.341 e. The third kappa shape index (κ3) is 4.15. The number of aromatic nitrogens is 2. The van der Waals surface area contributed by atoms with Gasteiger partial charge < -0.3 is 14.4 Å². The van der Waals surface area contributed by atoms with Gasteiger partial charge in [-0.1, -0.05) is 42.5 Å². The van der Waals surface area contributed by atoms with Gasteiger partial charge >= 0.3 is 0 Å². The molecule has 2 aliphatic heterocycles. The second-order valence-corrected chi connectivity index (χ2v) is 8.80. The molecular formula is C26H28N4O3. The molecule has 0 spiro atoms. The average molecular weight is 445 g/mol. The van der Waals surface area contributed by atoms with Crippen LogP contribution in [0.2, 0.25) is 0 Å². The summed E-state index contributed by atoms with van der Waals surface area (Å²) in [4.78, 5) is 47.7. The van der Waals surface area contributed by atoms with Gasteiger partial charge in [-0.15, -0.1) is 0 Å². The Kier molecular flexibility index (Phi) is 5.94. The summed E-state index contributed by atoms with van der Waals surface area (Å²) < 4.78 is 1.65. The molecular weight excluding hydrogens is 416 g/mol. The highest BCUT2D eigenvalue weighted by Gasteiger charge is 2.36. The largest absolute Gasteiger partial charge is 0.341 e. The second-order valence-electron chi connectivity index (χ2n) is 8.80. The Morgan fingerprint density at radius 3 is 2.42 bits per heavy atom. The maximum Gasteiger partial charge on any atom is 0.277 e. The van der Waals surface area contributed by atoms with Crippen molar-refractivity contribution in [3.8, 4) is 11.3 Å². The molecule has 7 nitrogen and oxygen atoms in total. The Morgan fingerprint density at radius 2 is 1.64 bits per heavy atom. The molecule has 3 aromatic rings. The van der Waals surface area contributed by atoms with Crippen molar-refractivity contribution in [2.75, 3.05) is 19.6 Å². The van der Waals surface area contributed by atoms with Gasteiger partial charge in [-0.25, -0.2) is 4.98 Å². The molecule has 2 fully saturated rings. The van der Waals surface area contributed by atoms with E-state index in [1.807, 2.05) is 59.5 Å². The van der Waals surface area contributed by atoms with E-state index in [9.17, 15) is 14.4 Å². The van der Waals surface area contributed by atoms with Crippen LogP contribution in [0, 0.1) is 0 Å². The van der Waals surface area contributed by atoms with Crippen molar-refractivity contribution >= 4 is 22.8 Å². The van der Waals surface area contributed by atoms with Gasteiger partial charge in [0, 0.05) is 38.2 Å². The first-order valence-corrected chi connectivity index (χ1v) is 11.8. The van der Waals surface area contributed by atoms with Gasteiger partial charge in [0.15, 0.2) is 0 Å². The normalized spacial score (nSPS) is 18.2. The van der Waals surface area contributed by atoms with Crippen molar-refractivity contribution in [1.82, 2.24) is 19.4 Å². The van der Waals surface area contributed by atoms with Crippen molar-refractivity contribution in [2.45, 2.75) is 44.7 Å². The lowest BCUT2D eigenvalue weighted by atomic mass is 10.1. The van der Waals surface area contributed by atoms with Crippen LogP contribution in [0.4, 0.5) is 0 Å². The van der Waals surface area contributed by atoms with E-state index in [4.69, 9.17) is 0 Å². The molecule has 0 bridgehead atoms. The van der Waals surface area contributed by atoms with Crippen LogP contribution in [0.25, 0.3) is 22.3 Å². The summed E-state index contributed by atoms with van der Waals surface area (Å²) in [6, 6.07) is 16.5. The number of hydrogen-bond donors (Lipinski definition) is 0. The fourth-order valence-corrected chi connectivity index (χ4v) is 5.02. The van der Waals surface area contributed by atoms with Crippen LogP contribution in [-0.2, 0) is 16.1 Å². The summed E-state index contributed by atoms with van der Waals surface area (Å²) in [6.07, 6.45) is 3.80. The van der Waals surface area contributed by atoms with E-state index in [0.29, 0.717) is 23.3 Å². The lowest BCUT2D eigenvalue weighted by molar-refractivity contribution is -0.143. The van der Waals surface area contributed by atoms with E-state index in [2.05, 4.69) is 4.98 Å². The molecule has 0 saturated carbocycles.